The number of hydrogen-bond acceptors (Lipinski definition) is 5. The Morgan fingerprint density at radius 3 is 2.64 bits per heavy atom. The molecule has 0 aromatic heterocycles. The van der Waals surface area contributed by atoms with Crippen LogP contribution < -0.4 is 10.1 Å². The van der Waals surface area contributed by atoms with Gasteiger partial charge in [0.15, 0.2) is 0 Å². The van der Waals surface area contributed by atoms with Crippen LogP contribution in [-0.2, 0) is 14.3 Å². The highest BCUT2D eigenvalue weighted by molar-refractivity contribution is 6.31. The van der Waals surface area contributed by atoms with Gasteiger partial charge in [-0.05, 0) is 58.0 Å². The van der Waals surface area contributed by atoms with E-state index >= 15 is 0 Å². The van der Waals surface area contributed by atoms with Gasteiger partial charge in [-0.15, -0.1) is 0 Å². The minimum Gasteiger partial charge on any atom is -0.495 e. The number of anilines is 1. The summed E-state index contributed by atoms with van der Waals surface area (Å²) < 4.78 is 10.3. The van der Waals surface area contributed by atoms with Gasteiger partial charge in [-0.25, -0.2) is 0 Å². The Bertz CT molecular complexity index is 615. The first-order chi connectivity index (χ1) is 12.0. The topological polar surface area (TPSA) is 67.9 Å². The van der Waals surface area contributed by atoms with Crippen LogP contribution in [-0.4, -0.2) is 49.6 Å². The zero-order valence-electron chi connectivity index (χ0n) is 14.9. The van der Waals surface area contributed by atoms with Crippen molar-refractivity contribution in [1.29, 1.82) is 0 Å². The minimum atomic E-state index is -0.313. The molecule has 1 heterocycles. The number of piperidine rings is 1. The van der Waals surface area contributed by atoms with Crippen LogP contribution in [0.15, 0.2) is 18.2 Å². The van der Waals surface area contributed by atoms with Crippen molar-refractivity contribution in [1.82, 2.24) is 4.90 Å². The quantitative estimate of drug-likeness (QED) is 0.782. The van der Waals surface area contributed by atoms with Gasteiger partial charge in [0.2, 0.25) is 5.91 Å². The Hall–Kier alpha value is -1.79. The number of ether oxygens (including phenoxy) is 2. The zero-order valence-corrected chi connectivity index (χ0v) is 15.6. The van der Waals surface area contributed by atoms with Gasteiger partial charge in [0.1, 0.15) is 5.75 Å². The number of likely N-dealkylation sites (tertiary alicyclic amines) is 1. The molecule has 1 amide bonds. The second-order valence-corrected chi connectivity index (χ2v) is 6.51. The van der Waals surface area contributed by atoms with Crippen molar-refractivity contribution in [2.75, 3.05) is 32.1 Å². The number of benzene rings is 1. The highest BCUT2D eigenvalue weighted by Gasteiger charge is 2.30. The number of nitrogens with zero attached hydrogens (tertiary/aromatic N) is 1. The molecule has 0 aliphatic carbocycles. The lowest BCUT2D eigenvalue weighted by atomic mass is 9.96. The highest BCUT2D eigenvalue weighted by atomic mass is 35.5. The molecule has 0 saturated carbocycles. The van der Waals surface area contributed by atoms with Gasteiger partial charge in [0, 0.05) is 5.02 Å². The molecular weight excluding hydrogens is 344 g/mol. The van der Waals surface area contributed by atoms with Gasteiger partial charge in [-0.2, -0.15) is 0 Å². The number of hydrogen-bond donors (Lipinski definition) is 1. The van der Waals surface area contributed by atoms with E-state index in [2.05, 4.69) is 10.2 Å². The molecule has 1 aromatic carbocycles. The van der Waals surface area contributed by atoms with Crippen LogP contribution in [0, 0.1) is 5.92 Å². The first-order valence-electron chi connectivity index (χ1n) is 8.51. The van der Waals surface area contributed by atoms with Crippen molar-refractivity contribution in [2.45, 2.75) is 32.7 Å². The lowest BCUT2D eigenvalue weighted by Crippen LogP contribution is -2.47. The summed E-state index contributed by atoms with van der Waals surface area (Å²) in [6, 6.07) is 4.78. The van der Waals surface area contributed by atoms with Gasteiger partial charge >= 0.3 is 5.97 Å². The number of carbonyl (C=O) groups excluding carboxylic acids is 2. The van der Waals surface area contributed by atoms with Crippen LogP contribution in [0.3, 0.4) is 0 Å². The largest absolute Gasteiger partial charge is 0.495 e. The molecular formula is C18H25ClN2O4. The van der Waals surface area contributed by atoms with E-state index < -0.39 is 0 Å². The van der Waals surface area contributed by atoms with E-state index in [0.717, 1.165) is 0 Å². The van der Waals surface area contributed by atoms with E-state index in [1.165, 1.54) is 0 Å². The van der Waals surface area contributed by atoms with Crippen molar-refractivity contribution < 1.29 is 19.1 Å². The van der Waals surface area contributed by atoms with Crippen LogP contribution in [0.1, 0.15) is 26.7 Å². The van der Waals surface area contributed by atoms with Crippen molar-refractivity contribution in [3.63, 3.8) is 0 Å². The Morgan fingerprint density at radius 1 is 1.36 bits per heavy atom. The molecule has 0 bridgehead atoms. The summed E-state index contributed by atoms with van der Waals surface area (Å²) in [5, 5.41) is 3.40. The second kappa shape index (κ2) is 9.06. The van der Waals surface area contributed by atoms with Gasteiger partial charge < -0.3 is 14.8 Å². The molecule has 1 atom stereocenters. The number of methoxy groups -OCH3 is 1. The van der Waals surface area contributed by atoms with Crippen LogP contribution in [0.4, 0.5) is 5.69 Å². The maximum Gasteiger partial charge on any atom is 0.309 e. The summed E-state index contributed by atoms with van der Waals surface area (Å²) in [5.74, 6) is 0.225. The Morgan fingerprint density at radius 2 is 2.04 bits per heavy atom. The fourth-order valence-corrected chi connectivity index (χ4v) is 3.14. The van der Waals surface area contributed by atoms with Gasteiger partial charge in [0.25, 0.3) is 0 Å². The van der Waals surface area contributed by atoms with Crippen LogP contribution in [0.25, 0.3) is 0 Å². The fraction of sp³-hybridized carbons (Fsp3) is 0.556. The molecule has 1 fully saturated rings. The maximum atomic E-state index is 12.6. The monoisotopic (exact) mass is 368 g/mol. The molecule has 0 unspecified atom stereocenters. The molecule has 7 heteroatoms. The Labute approximate surface area is 153 Å². The summed E-state index contributed by atoms with van der Waals surface area (Å²) in [4.78, 5) is 26.4. The van der Waals surface area contributed by atoms with Crippen LogP contribution in [0.5, 0.6) is 5.75 Å². The Kier molecular flexibility index (Phi) is 7.08. The number of rotatable bonds is 6. The molecule has 1 aliphatic rings. The molecule has 0 spiro atoms. The van der Waals surface area contributed by atoms with Crippen LogP contribution in [0.2, 0.25) is 5.02 Å². The predicted octanol–water partition coefficient (Wildman–Crippen LogP) is 2.95. The number of halogens is 1. The Balaban J connectivity index is 1.93. The number of amides is 1. The third kappa shape index (κ3) is 5.09. The summed E-state index contributed by atoms with van der Waals surface area (Å²) in [7, 11) is 1.54. The summed E-state index contributed by atoms with van der Waals surface area (Å²) in [6.45, 7) is 5.44. The average Bonchev–Trinajstić information content (AvgIpc) is 2.61. The minimum absolute atomic E-state index is 0.0699. The van der Waals surface area contributed by atoms with Crippen molar-refractivity contribution in [2.24, 2.45) is 5.92 Å². The van der Waals surface area contributed by atoms with E-state index in [9.17, 15) is 9.59 Å². The third-order valence-electron chi connectivity index (χ3n) is 4.50. The second-order valence-electron chi connectivity index (χ2n) is 6.07. The van der Waals surface area contributed by atoms with Crippen molar-refractivity contribution >= 4 is 29.2 Å². The number of carbonyl (C=O) groups is 2. The summed E-state index contributed by atoms with van der Waals surface area (Å²) >= 11 is 6.00. The standard InChI is InChI=1S/C18H25ClN2O4/c1-4-25-18(23)13-7-9-21(10-8-13)12(2)17(22)20-15-11-14(19)5-6-16(15)24-3/h5-6,11-13H,4,7-10H2,1-3H3,(H,20,22)/t12-/m0/s1. The first kappa shape index (κ1) is 19.5. The average molecular weight is 369 g/mol. The van der Waals surface area contributed by atoms with Crippen molar-refractivity contribution in [3.8, 4) is 5.75 Å². The van der Waals surface area contributed by atoms with E-state index in [1.807, 2.05) is 13.8 Å². The first-order valence-corrected chi connectivity index (χ1v) is 8.89. The molecule has 2 rings (SSSR count). The molecule has 1 N–H and O–H groups in total. The summed E-state index contributed by atoms with van der Waals surface area (Å²) in [6.07, 6.45) is 1.41. The lowest BCUT2D eigenvalue weighted by molar-refractivity contribution is -0.149. The van der Waals surface area contributed by atoms with Crippen LogP contribution >= 0.6 is 11.6 Å². The van der Waals surface area contributed by atoms with Crippen molar-refractivity contribution in [3.05, 3.63) is 23.2 Å². The molecule has 1 aromatic rings. The SMILES string of the molecule is CCOC(=O)C1CCN([C@@H](C)C(=O)Nc2cc(Cl)ccc2OC)CC1. The number of esters is 1. The van der Waals surface area contributed by atoms with Gasteiger partial charge in [0.05, 0.1) is 31.4 Å². The van der Waals surface area contributed by atoms with Gasteiger partial charge in [-0.3, -0.25) is 14.5 Å². The highest BCUT2D eigenvalue weighted by Crippen LogP contribution is 2.28. The normalized spacial score (nSPS) is 17.0. The molecule has 1 saturated heterocycles. The van der Waals surface area contributed by atoms with E-state index in [-0.39, 0.29) is 23.8 Å². The smallest absolute Gasteiger partial charge is 0.309 e. The summed E-state index contributed by atoms with van der Waals surface area (Å²) in [5.41, 5.74) is 0.549. The molecule has 25 heavy (non-hydrogen) atoms. The fourth-order valence-electron chi connectivity index (χ4n) is 2.96. The molecule has 138 valence electrons. The van der Waals surface area contributed by atoms with E-state index in [4.69, 9.17) is 21.1 Å². The van der Waals surface area contributed by atoms with E-state index in [1.54, 1.807) is 25.3 Å². The molecule has 0 radical (unpaired) electrons. The maximum absolute atomic E-state index is 12.6. The lowest BCUT2D eigenvalue weighted by Gasteiger charge is -2.34. The molecule has 6 nitrogen and oxygen atoms in total. The zero-order chi connectivity index (χ0) is 18.4. The molecule has 1 aliphatic heterocycles. The predicted molar refractivity (Wildman–Crippen MR) is 97.0 cm³/mol. The number of nitrogens with one attached hydrogen (secondary N) is 1. The van der Waals surface area contributed by atoms with E-state index in [0.29, 0.717) is 49.0 Å². The van der Waals surface area contributed by atoms with Gasteiger partial charge in [-0.1, -0.05) is 11.6 Å². The third-order valence-corrected chi connectivity index (χ3v) is 4.73.